The van der Waals surface area contributed by atoms with E-state index in [0.717, 1.165) is 55.4 Å². The van der Waals surface area contributed by atoms with Gasteiger partial charge in [0.1, 0.15) is 11.6 Å². The minimum Gasteiger partial charge on any atom is -0.339 e. The number of hydrogen-bond acceptors (Lipinski definition) is 5. The molecule has 154 valence electrons. The average Bonchev–Trinajstić information content (AvgIpc) is 3.18. The topological polar surface area (TPSA) is 75.9 Å². The lowest BCUT2D eigenvalue weighted by Crippen LogP contribution is -2.39. The van der Waals surface area contributed by atoms with Gasteiger partial charge >= 0.3 is 0 Å². The van der Waals surface area contributed by atoms with Gasteiger partial charge in [-0.3, -0.25) is 9.48 Å². The number of amides is 1. The van der Waals surface area contributed by atoms with E-state index < -0.39 is 0 Å². The smallest absolute Gasteiger partial charge is 0.246 e. The van der Waals surface area contributed by atoms with Crippen LogP contribution in [0.4, 0.5) is 11.6 Å². The summed E-state index contributed by atoms with van der Waals surface area (Å²) in [5.41, 5.74) is 1.94. The van der Waals surface area contributed by atoms with Crippen molar-refractivity contribution in [2.24, 2.45) is 13.0 Å². The van der Waals surface area contributed by atoms with Crippen LogP contribution in [0.15, 0.2) is 60.9 Å². The number of carbonyl (C=O) groups excluding carboxylic acids is 1. The van der Waals surface area contributed by atoms with Crippen LogP contribution in [0.3, 0.4) is 0 Å². The number of pyridine rings is 2. The molecule has 1 saturated heterocycles. The summed E-state index contributed by atoms with van der Waals surface area (Å²) < 4.78 is 1.75. The number of rotatable bonds is 6. The fourth-order valence-corrected chi connectivity index (χ4v) is 3.77. The Bertz CT molecular complexity index is 1010. The number of hydrogen-bond donors (Lipinski definition) is 1. The van der Waals surface area contributed by atoms with E-state index in [1.165, 1.54) is 0 Å². The van der Waals surface area contributed by atoms with Crippen molar-refractivity contribution in [3.05, 3.63) is 72.3 Å². The van der Waals surface area contributed by atoms with E-state index in [1.54, 1.807) is 23.2 Å². The molecule has 0 aromatic carbocycles. The van der Waals surface area contributed by atoms with Crippen LogP contribution >= 0.6 is 0 Å². The van der Waals surface area contributed by atoms with Gasteiger partial charge in [-0.25, -0.2) is 9.97 Å². The summed E-state index contributed by atoms with van der Waals surface area (Å²) in [6.07, 6.45) is 9.93. The molecule has 1 atom stereocenters. The SMILES string of the molecule is Cn1nccc1/C=C/C(=O)N1CCCC(Cc2cccc(Nc3ccccn3)n2)C1. The molecule has 0 spiro atoms. The maximum atomic E-state index is 12.6. The molecule has 0 bridgehead atoms. The van der Waals surface area contributed by atoms with Gasteiger partial charge in [0, 0.05) is 44.3 Å². The van der Waals surface area contributed by atoms with Gasteiger partial charge in [-0.1, -0.05) is 12.1 Å². The van der Waals surface area contributed by atoms with E-state index in [2.05, 4.69) is 15.4 Å². The molecule has 3 aromatic heterocycles. The maximum absolute atomic E-state index is 12.6. The monoisotopic (exact) mass is 402 g/mol. The summed E-state index contributed by atoms with van der Waals surface area (Å²) >= 11 is 0. The zero-order chi connectivity index (χ0) is 20.8. The van der Waals surface area contributed by atoms with Crippen molar-refractivity contribution >= 4 is 23.6 Å². The molecule has 4 rings (SSSR count). The van der Waals surface area contributed by atoms with Crippen molar-refractivity contribution in [3.8, 4) is 0 Å². The molecule has 7 heteroatoms. The largest absolute Gasteiger partial charge is 0.339 e. The van der Waals surface area contributed by atoms with E-state index in [9.17, 15) is 4.79 Å². The Morgan fingerprint density at radius 1 is 1.17 bits per heavy atom. The fraction of sp³-hybridized carbons (Fsp3) is 0.304. The zero-order valence-electron chi connectivity index (χ0n) is 17.1. The van der Waals surface area contributed by atoms with Crippen LogP contribution in [0.1, 0.15) is 24.2 Å². The number of aromatic nitrogens is 4. The van der Waals surface area contributed by atoms with Crippen molar-refractivity contribution in [1.29, 1.82) is 0 Å². The molecule has 1 fully saturated rings. The second-order valence-electron chi connectivity index (χ2n) is 7.56. The Hall–Kier alpha value is -3.48. The van der Waals surface area contributed by atoms with E-state index in [0.29, 0.717) is 5.92 Å². The van der Waals surface area contributed by atoms with Gasteiger partial charge < -0.3 is 10.2 Å². The molecule has 4 heterocycles. The summed E-state index contributed by atoms with van der Waals surface area (Å²) in [5.74, 6) is 2.02. The number of aryl methyl sites for hydroxylation is 1. The number of carbonyl (C=O) groups is 1. The molecule has 3 aromatic rings. The molecule has 1 N–H and O–H groups in total. The first-order chi connectivity index (χ1) is 14.7. The Balaban J connectivity index is 1.36. The van der Waals surface area contributed by atoms with Crippen molar-refractivity contribution < 1.29 is 4.79 Å². The van der Waals surface area contributed by atoms with Crippen LogP contribution in [0.2, 0.25) is 0 Å². The van der Waals surface area contributed by atoms with Gasteiger partial charge in [0.25, 0.3) is 0 Å². The quantitative estimate of drug-likeness (QED) is 0.639. The first-order valence-corrected chi connectivity index (χ1v) is 10.3. The van der Waals surface area contributed by atoms with Gasteiger partial charge in [-0.15, -0.1) is 0 Å². The second-order valence-corrected chi connectivity index (χ2v) is 7.56. The molecule has 0 radical (unpaired) electrons. The van der Waals surface area contributed by atoms with Gasteiger partial charge in [0.05, 0.1) is 5.69 Å². The molecular formula is C23H26N6O. The molecule has 1 aliphatic rings. The minimum absolute atomic E-state index is 0.0550. The Morgan fingerprint density at radius 3 is 2.87 bits per heavy atom. The Labute approximate surface area is 176 Å². The highest BCUT2D eigenvalue weighted by Gasteiger charge is 2.23. The Kier molecular flexibility index (Phi) is 6.17. The molecule has 0 saturated carbocycles. The number of nitrogens with one attached hydrogen (secondary N) is 1. The van der Waals surface area contributed by atoms with Crippen LogP contribution in [-0.4, -0.2) is 43.6 Å². The van der Waals surface area contributed by atoms with Crippen molar-refractivity contribution in [2.75, 3.05) is 18.4 Å². The first kappa shape index (κ1) is 19.8. The first-order valence-electron chi connectivity index (χ1n) is 10.3. The molecule has 1 aliphatic heterocycles. The van der Waals surface area contributed by atoms with Gasteiger partial charge in [-0.2, -0.15) is 5.10 Å². The third-order valence-corrected chi connectivity index (χ3v) is 5.31. The fourth-order valence-electron chi connectivity index (χ4n) is 3.77. The van der Waals surface area contributed by atoms with E-state index >= 15 is 0 Å². The molecule has 30 heavy (non-hydrogen) atoms. The van der Waals surface area contributed by atoms with E-state index in [-0.39, 0.29) is 5.91 Å². The van der Waals surface area contributed by atoms with Crippen LogP contribution < -0.4 is 5.32 Å². The van der Waals surface area contributed by atoms with Gasteiger partial charge in [-0.05, 0) is 61.6 Å². The van der Waals surface area contributed by atoms with Crippen LogP contribution in [0.5, 0.6) is 0 Å². The van der Waals surface area contributed by atoms with E-state index in [4.69, 9.17) is 4.98 Å². The van der Waals surface area contributed by atoms with Crippen LogP contribution in [0.25, 0.3) is 6.08 Å². The number of nitrogens with zero attached hydrogens (tertiary/aromatic N) is 5. The Morgan fingerprint density at radius 2 is 2.07 bits per heavy atom. The lowest BCUT2D eigenvalue weighted by molar-refractivity contribution is -0.127. The highest BCUT2D eigenvalue weighted by Crippen LogP contribution is 2.22. The number of likely N-dealkylation sites (tertiary alicyclic amines) is 1. The predicted octanol–water partition coefficient (Wildman–Crippen LogP) is 3.45. The molecule has 7 nitrogen and oxygen atoms in total. The average molecular weight is 403 g/mol. The van der Waals surface area contributed by atoms with Gasteiger partial charge in [0.15, 0.2) is 0 Å². The summed E-state index contributed by atoms with van der Waals surface area (Å²) in [6, 6.07) is 13.6. The third kappa shape index (κ3) is 5.11. The molecule has 1 unspecified atom stereocenters. The lowest BCUT2D eigenvalue weighted by Gasteiger charge is -2.32. The van der Waals surface area contributed by atoms with Crippen molar-refractivity contribution in [2.45, 2.75) is 19.3 Å². The third-order valence-electron chi connectivity index (χ3n) is 5.31. The summed E-state index contributed by atoms with van der Waals surface area (Å²) in [7, 11) is 1.87. The maximum Gasteiger partial charge on any atom is 0.246 e. The van der Waals surface area contributed by atoms with Crippen molar-refractivity contribution in [3.63, 3.8) is 0 Å². The summed E-state index contributed by atoms with van der Waals surface area (Å²) in [5, 5.41) is 7.36. The molecule has 0 aliphatic carbocycles. The highest BCUT2D eigenvalue weighted by atomic mass is 16.2. The zero-order valence-corrected chi connectivity index (χ0v) is 17.1. The standard InChI is InChI=1S/C23H26N6O/c1-28-20(12-14-25-28)10-11-23(30)29-15-5-6-18(17-29)16-19-7-4-9-22(26-19)27-21-8-2-3-13-24-21/h2-4,7-14,18H,5-6,15-17H2,1H3,(H,24,26,27)/b11-10+. The molecular weight excluding hydrogens is 376 g/mol. The molecule has 1 amide bonds. The highest BCUT2D eigenvalue weighted by molar-refractivity contribution is 5.91. The van der Waals surface area contributed by atoms with Crippen molar-refractivity contribution in [1.82, 2.24) is 24.6 Å². The summed E-state index contributed by atoms with van der Waals surface area (Å²) in [6.45, 7) is 1.56. The van der Waals surface area contributed by atoms with Crippen LogP contribution in [-0.2, 0) is 18.3 Å². The predicted molar refractivity (Wildman–Crippen MR) is 117 cm³/mol. The lowest BCUT2D eigenvalue weighted by atomic mass is 9.93. The van der Waals surface area contributed by atoms with Gasteiger partial charge in [0.2, 0.25) is 5.91 Å². The second kappa shape index (κ2) is 9.35. The van der Waals surface area contributed by atoms with Crippen LogP contribution in [0, 0.1) is 5.92 Å². The number of piperidine rings is 1. The minimum atomic E-state index is 0.0550. The van der Waals surface area contributed by atoms with E-state index in [1.807, 2.05) is 60.5 Å². The normalized spacial score (nSPS) is 16.7. The number of anilines is 2. The summed E-state index contributed by atoms with van der Waals surface area (Å²) in [4.78, 5) is 23.6.